The lowest BCUT2D eigenvalue weighted by Crippen LogP contribution is -2.25. The van der Waals surface area contributed by atoms with E-state index < -0.39 is 0 Å². The number of pyridine rings is 1. The van der Waals surface area contributed by atoms with Gasteiger partial charge in [0, 0.05) is 33.9 Å². The Hall–Kier alpha value is -3.91. The maximum atomic E-state index is 13.1. The van der Waals surface area contributed by atoms with E-state index in [1.54, 1.807) is 11.8 Å². The van der Waals surface area contributed by atoms with Crippen LogP contribution in [0.15, 0.2) is 88.8 Å². The minimum Gasteiger partial charge on any atom is -0.352 e. The van der Waals surface area contributed by atoms with Gasteiger partial charge in [0.05, 0.1) is 23.5 Å². The molecule has 7 nitrogen and oxygen atoms in total. The van der Waals surface area contributed by atoms with Crippen LogP contribution in [0.4, 0.5) is 0 Å². The van der Waals surface area contributed by atoms with Crippen molar-refractivity contribution in [3.05, 3.63) is 102 Å². The third kappa shape index (κ3) is 6.06. The van der Waals surface area contributed by atoms with Gasteiger partial charge < -0.3 is 5.32 Å². The molecule has 0 spiro atoms. The standard InChI is InChI=1S/C31H34N6OS/c1-21(2)30-34-33-28-16-15-25(20-36(28)30)39-26-14-10-9-11-22(26)19-32-29(38)18-24-17-27(31(3,4)5)35-37(24)23-12-7-6-8-13-23/h6-17,20-21H,18-19H2,1-5H3,(H,32,38). The molecule has 0 unspecified atom stereocenters. The van der Waals surface area contributed by atoms with Gasteiger partial charge in [0.1, 0.15) is 5.82 Å². The Morgan fingerprint density at radius 2 is 1.72 bits per heavy atom. The molecule has 5 rings (SSSR count). The first kappa shape index (κ1) is 26.7. The van der Waals surface area contributed by atoms with E-state index in [1.807, 2.05) is 59.3 Å². The minimum absolute atomic E-state index is 0.0418. The van der Waals surface area contributed by atoms with E-state index in [-0.39, 0.29) is 23.7 Å². The van der Waals surface area contributed by atoms with Gasteiger partial charge in [0.15, 0.2) is 5.65 Å². The van der Waals surface area contributed by atoms with Crippen LogP contribution in [0.25, 0.3) is 11.3 Å². The van der Waals surface area contributed by atoms with Gasteiger partial charge in [0.25, 0.3) is 0 Å². The van der Waals surface area contributed by atoms with Crippen molar-refractivity contribution in [3.63, 3.8) is 0 Å². The molecule has 5 aromatic rings. The van der Waals surface area contributed by atoms with Crippen molar-refractivity contribution in [1.82, 2.24) is 29.7 Å². The van der Waals surface area contributed by atoms with E-state index >= 15 is 0 Å². The van der Waals surface area contributed by atoms with Crippen LogP contribution >= 0.6 is 11.8 Å². The summed E-state index contributed by atoms with van der Waals surface area (Å²) < 4.78 is 3.94. The third-order valence-corrected chi connectivity index (χ3v) is 7.58. The van der Waals surface area contributed by atoms with Gasteiger partial charge in [-0.05, 0) is 42.0 Å². The molecule has 0 aliphatic rings. The van der Waals surface area contributed by atoms with Crippen LogP contribution < -0.4 is 5.32 Å². The Bertz CT molecular complexity index is 1600. The average molecular weight is 539 g/mol. The fraction of sp³-hybridized carbons (Fsp3) is 0.290. The number of hydrogen-bond donors (Lipinski definition) is 1. The first-order valence-corrected chi connectivity index (χ1v) is 14.0. The van der Waals surface area contributed by atoms with E-state index in [2.05, 4.69) is 78.9 Å². The molecule has 0 radical (unpaired) electrons. The van der Waals surface area contributed by atoms with Crippen molar-refractivity contribution in [1.29, 1.82) is 0 Å². The lowest BCUT2D eigenvalue weighted by molar-refractivity contribution is -0.120. The molecular weight excluding hydrogens is 504 g/mol. The molecular formula is C31H34N6OS. The number of nitrogens with zero attached hydrogens (tertiary/aromatic N) is 5. The Balaban J connectivity index is 1.31. The van der Waals surface area contributed by atoms with Gasteiger partial charge in [-0.2, -0.15) is 5.10 Å². The number of hydrogen-bond acceptors (Lipinski definition) is 5. The number of carbonyl (C=O) groups excluding carboxylic acids is 1. The van der Waals surface area contributed by atoms with E-state index in [0.717, 1.165) is 43.9 Å². The van der Waals surface area contributed by atoms with Gasteiger partial charge in [-0.1, -0.05) is 82.8 Å². The molecule has 0 atom stereocenters. The molecule has 39 heavy (non-hydrogen) atoms. The maximum Gasteiger partial charge on any atom is 0.226 e. The van der Waals surface area contributed by atoms with Crippen molar-refractivity contribution in [2.24, 2.45) is 0 Å². The van der Waals surface area contributed by atoms with Crippen LogP contribution in [-0.4, -0.2) is 30.3 Å². The molecule has 3 aromatic heterocycles. The summed E-state index contributed by atoms with van der Waals surface area (Å²) >= 11 is 1.67. The van der Waals surface area contributed by atoms with Gasteiger partial charge in [-0.15, -0.1) is 10.2 Å². The summed E-state index contributed by atoms with van der Waals surface area (Å²) in [7, 11) is 0. The lowest BCUT2D eigenvalue weighted by atomic mass is 9.92. The zero-order valence-corrected chi connectivity index (χ0v) is 23.9. The second kappa shape index (κ2) is 11.1. The van der Waals surface area contributed by atoms with Crippen LogP contribution in [0.5, 0.6) is 0 Å². The zero-order chi connectivity index (χ0) is 27.6. The number of carbonyl (C=O) groups is 1. The molecule has 0 saturated heterocycles. The topological polar surface area (TPSA) is 77.1 Å². The second-order valence-electron chi connectivity index (χ2n) is 11.0. The summed E-state index contributed by atoms with van der Waals surface area (Å²) in [5, 5.41) is 16.6. The van der Waals surface area contributed by atoms with Crippen LogP contribution in [0.2, 0.25) is 0 Å². The highest BCUT2D eigenvalue weighted by Crippen LogP contribution is 2.31. The summed E-state index contributed by atoms with van der Waals surface area (Å²) in [5.41, 5.74) is 4.57. The van der Waals surface area contributed by atoms with Crippen molar-refractivity contribution in [3.8, 4) is 5.69 Å². The largest absolute Gasteiger partial charge is 0.352 e. The number of fused-ring (bicyclic) bond motifs is 1. The highest BCUT2D eigenvalue weighted by molar-refractivity contribution is 7.99. The van der Waals surface area contributed by atoms with Gasteiger partial charge in [-0.25, -0.2) is 4.68 Å². The number of amides is 1. The highest BCUT2D eigenvalue weighted by Gasteiger charge is 2.22. The minimum atomic E-state index is -0.118. The monoisotopic (exact) mass is 538 g/mol. The smallest absolute Gasteiger partial charge is 0.226 e. The van der Waals surface area contributed by atoms with Gasteiger partial charge >= 0.3 is 0 Å². The van der Waals surface area contributed by atoms with E-state index in [1.165, 1.54) is 0 Å². The molecule has 1 N–H and O–H groups in total. The molecule has 200 valence electrons. The molecule has 3 heterocycles. The quantitative estimate of drug-likeness (QED) is 0.249. The summed E-state index contributed by atoms with van der Waals surface area (Å²) in [4.78, 5) is 15.3. The summed E-state index contributed by atoms with van der Waals surface area (Å²) in [6.45, 7) is 11.1. The third-order valence-electron chi connectivity index (χ3n) is 6.49. The van der Waals surface area contributed by atoms with Crippen molar-refractivity contribution < 1.29 is 4.79 Å². The zero-order valence-electron chi connectivity index (χ0n) is 23.0. The predicted octanol–water partition coefficient (Wildman–Crippen LogP) is 6.35. The fourth-order valence-corrected chi connectivity index (χ4v) is 5.31. The average Bonchev–Trinajstić information content (AvgIpc) is 3.53. The fourth-order valence-electron chi connectivity index (χ4n) is 4.35. The molecule has 0 bridgehead atoms. The number of benzene rings is 2. The second-order valence-corrected chi connectivity index (χ2v) is 12.1. The van der Waals surface area contributed by atoms with Crippen molar-refractivity contribution in [2.75, 3.05) is 0 Å². The SMILES string of the molecule is CC(C)c1nnc2ccc(Sc3ccccc3CNC(=O)Cc3cc(C(C)(C)C)nn3-c3ccccc3)cn12. The van der Waals surface area contributed by atoms with Crippen LogP contribution in [0.3, 0.4) is 0 Å². The molecule has 2 aromatic carbocycles. The van der Waals surface area contributed by atoms with E-state index in [9.17, 15) is 4.79 Å². The van der Waals surface area contributed by atoms with E-state index in [4.69, 9.17) is 5.10 Å². The molecule has 1 amide bonds. The molecule has 0 saturated carbocycles. The lowest BCUT2D eigenvalue weighted by Gasteiger charge is -2.14. The summed E-state index contributed by atoms with van der Waals surface area (Å²) in [6, 6.07) is 24.2. The Labute approximate surface area is 233 Å². The Morgan fingerprint density at radius 1 is 0.974 bits per heavy atom. The molecule has 8 heteroatoms. The summed E-state index contributed by atoms with van der Waals surface area (Å²) in [6.07, 6.45) is 2.33. The van der Waals surface area contributed by atoms with E-state index in [0.29, 0.717) is 6.54 Å². The number of para-hydroxylation sites is 1. The first-order valence-electron chi connectivity index (χ1n) is 13.2. The first-order chi connectivity index (χ1) is 18.7. The maximum absolute atomic E-state index is 13.1. The Morgan fingerprint density at radius 3 is 2.46 bits per heavy atom. The summed E-state index contributed by atoms with van der Waals surface area (Å²) in [5.74, 6) is 1.18. The van der Waals surface area contributed by atoms with Gasteiger partial charge in [0.2, 0.25) is 5.91 Å². The van der Waals surface area contributed by atoms with Crippen molar-refractivity contribution in [2.45, 2.75) is 68.7 Å². The normalized spacial score (nSPS) is 11.8. The molecule has 0 aliphatic heterocycles. The Kier molecular flexibility index (Phi) is 7.57. The van der Waals surface area contributed by atoms with Crippen LogP contribution in [-0.2, 0) is 23.2 Å². The number of aromatic nitrogens is 5. The van der Waals surface area contributed by atoms with Gasteiger partial charge in [-0.3, -0.25) is 9.20 Å². The number of rotatable bonds is 8. The molecule has 0 aliphatic carbocycles. The number of nitrogens with one attached hydrogen (secondary N) is 1. The highest BCUT2D eigenvalue weighted by atomic mass is 32.2. The predicted molar refractivity (Wildman–Crippen MR) is 155 cm³/mol. The van der Waals surface area contributed by atoms with Crippen LogP contribution in [0.1, 0.15) is 63.3 Å². The molecule has 0 fully saturated rings. The van der Waals surface area contributed by atoms with Crippen molar-refractivity contribution >= 4 is 23.3 Å². The van der Waals surface area contributed by atoms with Crippen LogP contribution in [0, 0.1) is 0 Å².